The Hall–Kier alpha value is -2.45. The zero-order valence-corrected chi connectivity index (χ0v) is 17.3. The lowest BCUT2D eigenvalue weighted by molar-refractivity contribution is 0.0314. The summed E-state index contributed by atoms with van der Waals surface area (Å²) in [7, 11) is 0. The van der Waals surface area contributed by atoms with Crippen molar-refractivity contribution in [3.8, 4) is 0 Å². The summed E-state index contributed by atoms with van der Waals surface area (Å²) in [4.78, 5) is 21.5. The number of nitrogens with one attached hydrogen (secondary N) is 1. The highest BCUT2D eigenvalue weighted by Crippen LogP contribution is 2.20. The largest absolute Gasteiger partial charge is 0.379 e. The Morgan fingerprint density at radius 3 is 2.83 bits per heavy atom. The number of anilines is 1. The van der Waals surface area contributed by atoms with Crippen LogP contribution in [-0.2, 0) is 11.3 Å². The molecule has 2 aliphatic heterocycles. The highest BCUT2D eigenvalue weighted by Gasteiger charge is 2.28. The molecular weight excluding hydrogens is 368 g/mol. The van der Waals surface area contributed by atoms with E-state index in [4.69, 9.17) is 4.74 Å². The van der Waals surface area contributed by atoms with Crippen LogP contribution >= 0.6 is 0 Å². The molecule has 4 rings (SSSR count). The fourth-order valence-corrected chi connectivity index (χ4v) is 4.15. The Labute approximate surface area is 171 Å². The lowest BCUT2D eigenvalue weighted by atomic mass is 10.1. The molecule has 0 radical (unpaired) electrons. The molecule has 156 valence electrons. The van der Waals surface area contributed by atoms with Crippen LogP contribution in [0.1, 0.15) is 23.6 Å². The van der Waals surface area contributed by atoms with Crippen molar-refractivity contribution in [1.82, 2.24) is 24.6 Å². The van der Waals surface area contributed by atoms with Gasteiger partial charge in [-0.2, -0.15) is 5.10 Å². The Morgan fingerprint density at radius 2 is 2.07 bits per heavy atom. The van der Waals surface area contributed by atoms with E-state index in [9.17, 15) is 4.79 Å². The van der Waals surface area contributed by atoms with E-state index in [1.54, 1.807) is 0 Å². The molecule has 0 aliphatic carbocycles. The van der Waals surface area contributed by atoms with Crippen LogP contribution in [0.4, 0.5) is 10.5 Å². The number of carbonyl (C=O) groups is 1. The summed E-state index contributed by atoms with van der Waals surface area (Å²) in [6.45, 7) is 10.8. The third kappa shape index (κ3) is 5.13. The van der Waals surface area contributed by atoms with Crippen molar-refractivity contribution >= 4 is 11.7 Å². The van der Waals surface area contributed by atoms with E-state index in [2.05, 4.69) is 20.3 Å². The molecule has 0 saturated carbocycles. The number of nitrogens with zero attached hydrogens (tertiary/aromatic N) is 5. The van der Waals surface area contributed by atoms with Crippen molar-refractivity contribution in [2.75, 3.05) is 51.3 Å². The zero-order chi connectivity index (χ0) is 20.2. The molecule has 2 aromatic rings. The van der Waals surface area contributed by atoms with Crippen LogP contribution in [0.5, 0.6) is 0 Å². The predicted molar refractivity (Wildman–Crippen MR) is 111 cm³/mol. The number of aromatic nitrogens is 3. The van der Waals surface area contributed by atoms with E-state index in [1.807, 2.05) is 47.7 Å². The number of likely N-dealkylation sites (tertiary alicyclic amines) is 1. The van der Waals surface area contributed by atoms with Gasteiger partial charge >= 0.3 is 6.03 Å². The second-order valence-corrected chi connectivity index (χ2v) is 8.01. The first-order chi connectivity index (χ1) is 14.1. The van der Waals surface area contributed by atoms with Gasteiger partial charge in [-0.1, -0.05) is 12.1 Å². The maximum Gasteiger partial charge on any atom is 0.321 e. The van der Waals surface area contributed by atoms with E-state index in [0.717, 1.165) is 75.3 Å². The fourth-order valence-electron chi connectivity index (χ4n) is 4.15. The molecule has 1 aromatic carbocycles. The Kier molecular flexibility index (Phi) is 6.10. The highest BCUT2D eigenvalue weighted by molar-refractivity contribution is 5.89. The molecule has 0 bridgehead atoms. The van der Waals surface area contributed by atoms with Gasteiger partial charge in [0, 0.05) is 38.4 Å². The minimum absolute atomic E-state index is 0.0144. The molecular formula is C21H30N6O2. The summed E-state index contributed by atoms with van der Waals surface area (Å²) in [5.74, 6) is 2.21. The van der Waals surface area contributed by atoms with Gasteiger partial charge in [0.25, 0.3) is 0 Å². The molecule has 2 aliphatic rings. The van der Waals surface area contributed by atoms with Crippen molar-refractivity contribution in [3.05, 3.63) is 41.5 Å². The number of amides is 2. The number of hydrogen-bond donors (Lipinski definition) is 1. The van der Waals surface area contributed by atoms with Crippen molar-refractivity contribution in [2.24, 2.45) is 5.92 Å². The van der Waals surface area contributed by atoms with Crippen molar-refractivity contribution in [1.29, 1.82) is 0 Å². The van der Waals surface area contributed by atoms with Gasteiger partial charge in [-0.3, -0.25) is 4.90 Å². The minimum atomic E-state index is -0.0144. The summed E-state index contributed by atoms with van der Waals surface area (Å²) < 4.78 is 7.30. The first kappa shape index (κ1) is 19.8. The molecule has 2 amide bonds. The van der Waals surface area contributed by atoms with Gasteiger partial charge in [-0.15, -0.1) is 0 Å². The molecule has 8 nitrogen and oxygen atoms in total. The van der Waals surface area contributed by atoms with Gasteiger partial charge in [0.15, 0.2) is 0 Å². The fraction of sp³-hybridized carbons (Fsp3) is 0.571. The van der Waals surface area contributed by atoms with E-state index in [-0.39, 0.29) is 6.03 Å². The molecule has 0 spiro atoms. The quantitative estimate of drug-likeness (QED) is 0.835. The summed E-state index contributed by atoms with van der Waals surface area (Å²) in [5, 5.41) is 7.48. The standard InChI is InChI=1S/C21H30N6O2/c1-16-22-17(2)27(24-16)15-18-4-3-5-20(12-18)23-21(28)26-7-6-19(14-26)13-25-8-10-29-11-9-25/h3-5,12,19H,6-11,13-15H2,1-2H3,(H,23,28). The summed E-state index contributed by atoms with van der Waals surface area (Å²) in [6, 6.07) is 7.94. The van der Waals surface area contributed by atoms with Crippen LogP contribution < -0.4 is 5.32 Å². The summed E-state index contributed by atoms with van der Waals surface area (Å²) >= 11 is 0. The number of rotatable bonds is 5. The first-order valence-electron chi connectivity index (χ1n) is 10.4. The molecule has 29 heavy (non-hydrogen) atoms. The van der Waals surface area contributed by atoms with E-state index in [0.29, 0.717) is 12.5 Å². The number of ether oxygens (including phenoxy) is 1. The van der Waals surface area contributed by atoms with Crippen LogP contribution in [0.2, 0.25) is 0 Å². The SMILES string of the molecule is Cc1nc(C)n(Cc2cccc(NC(=O)N3CCC(CN4CCOCC4)C3)c2)n1. The first-order valence-corrected chi connectivity index (χ1v) is 10.4. The molecule has 8 heteroatoms. The molecule has 3 heterocycles. The van der Waals surface area contributed by atoms with E-state index >= 15 is 0 Å². The monoisotopic (exact) mass is 398 g/mol. The second-order valence-electron chi connectivity index (χ2n) is 8.01. The van der Waals surface area contributed by atoms with Gasteiger partial charge in [-0.05, 0) is 43.9 Å². The van der Waals surface area contributed by atoms with Crippen LogP contribution in [0.15, 0.2) is 24.3 Å². The van der Waals surface area contributed by atoms with Gasteiger partial charge in [0.1, 0.15) is 11.6 Å². The van der Waals surface area contributed by atoms with Crippen LogP contribution in [0, 0.1) is 19.8 Å². The number of aryl methyl sites for hydroxylation is 2. The lowest BCUT2D eigenvalue weighted by Crippen LogP contribution is -2.40. The van der Waals surface area contributed by atoms with Gasteiger partial charge < -0.3 is 15.0 Å². The Bertz CT molecular complexity index is 845. The number of hydrogen-bond acceptors (Lipinski definition) is 5. The number of carbonyl (C=O) groups excluding carboxylic acids is 1. The van der Waals surface area contributed by atoms with E-state index in [1.165, 1.54) is 0 Å². The average Bonchev–Trinajstić information content (AvgIpc) is 3.29. The predicted octanol–water partition coefficient (Wildman–Crippen LogP) is 2.13. The zero-order valence-electron chi connectivity index (χ0n) is 17.3. The number of morpholine rings is 1. The second kappa shape index (κ2) is 8.92. The van der Waals surface area contributed by atoms with Crippen LogP contribution in [-0.4, -0.2) is 76.5 Å². The average molecular weight is 399 g/mol. The van der Waals surface area contributed by atoms with Gasteiger partial charge in [0.05, 0.1) is 19.8 Å². The van der Waals surface area contributed by atoms with Gasteiger partial charge in [-0.25, -0.2) is 14.5 Å². The third-order valence-electron chi connectivity index (χ3n) is 5.67. The molecule has 1 aromatic heterocycles. The molecule has 1 N–H and O–H groups in total. The van der Waals surface area contributed by atoms with E-state index < -0.39 is 0 Å². The molecule has 2 saturated heterocycles. The normalized spacial score (nSPS) is 20.2. The van der Waals surface area contributed by atoms with Crippen molar-refractivity contribution in [3.63, 3.8) is 0 Å². The molecule has 1 atom stereocenters. The number of urea groups is 1. The summed E-state index contributed by atoms with van der Waals surface area (Å²) in [6.07, 6.45) is 1.07. The van der Waals surface area contributed by atoms with Crippen molar-refractivity contribution in [2.45, 2.75) is 26.8 Å². The molecule has 2 fully saturated rings. The van der Waals surface area contributed by atoms with Crippen LogP contribution in [0.3, 0.4) is 0 Å². The Balaban J connectivity index is 1.31. The topological polar surface area (TPSA) is 75.5 Å². The third-order valence-corrected chi connectivity index (χ3v) is 5.67. The lowest BCUT2D eigenvalue weighted by Gasteiger charge is -2.29. The summed E-state index contributed by atoms with van der Waals surface area (Å²) in [5.41, 5.74) is 1.90. The highest BCUT2D eigenvalue weighted by atomic mass is 16.5. The minimum Gasteiger partial charge on any atom is -0.379 e. The number of benzene rings is 1. The smallest absolute Gasteiger partial charge is 0.321 e. The molecule has 1 unspecified atom stereocenters. The maximum atomic E-state index is 12.7. The Morgan fingerprint density at radius 1 is 1.24 bits per heavy atom. The van der Waals surface area contributed by atoms with Crippen molar-refractivity contribution < 1.29 is 9.53 Å². The van der Waals surface area contributed by atoms with Gasteiger partial charge in [0.2, 0.25) is 0 Å². The maximum absolute atomic E-state index is 12.7. The van der Waals surface area contributed by atoms with Crippen LogP contribution in [0.25, 0.3) is 0 Å².